The van der Waals surface area contributed by atoms with Crippen LogP contribution in [-0.2, 0) is 16.6 Å². The SMILES string of the molecule is CCNCc1ccc(S(=O)(=O)NCC2CC2)nc1. The Labute approximate surface area is 108 Å². The van der Waals surface area contributed by atoms with Gasteiger partial charge in [0.25, 0.3) is 10.0 Å². The largest absolute Gasteiger partial charge is 0.313 e. The number of sulfonamides is 1. The van der Waals surface area contributed by atoms with E-state index in [0.29, 0.717) is 19.0 Å². The Bertz CT molecular complexity index is 481. The first kappa shape index (κ1) is 13.5. The third-order valence-electron chi connectivity index (χ3n) is 2.91. The fourth-order valence-corrected chi connectivity index (χ4v) is 2.61. The molecule has 0 atom stereocenters. The summed E-state index contributed by atoms with van der Waals surface area (Å²) < 4.78 is 26.4. The highest BCUT2D eigenvalue weighted by molar-refractivity contribution is 7.89. The Morgan fingerprint density at radius 1 is 1.39 bits per heavy atom. The lowest BCUT2D eigenvalue weighted by molar-refractivity contribution is 0.573. The second kappa shape index (κ2) is 5.77. The van der Waals surface area contributed by atoms with Gasteiger partial charge >= 0.3 is 0 Å². The van der Waals surface area contributed by atoms with Gasteiger partial charge in [0, 0.05) is 19.3 Å². The minimum atomic E-state index is -3.43. The van der Waals surface area contributed by atoms with Crippen LogP contribution >= 0.6 is 0 Å². The fraction of sp³-hybridized carbons (Fsp3) is 0.583. The van der Waals surface area contributed by atoms with Gasteiger partial charge in [0.05, 0.1) is 0 Å². The molecular formula is C12H19N3O2S. The maximum Gasteiger partial charge on any atom is 0.258 e. The number of nitrogens with one attached hydrogen (secondary N) is 2. The average molecular weight is 269 g/mol. The van der Waals surface area contributed by atoms with Crippen molar-refractivity contribution in [1.82, 2.24) is 15.0 Å². The lowest BCUT2D eigenvalue weighted by atomic mass is 10.3. The summed E-state index contributed by atoms with van der Waals surface area (Å²) in [4.78, 5) is 4.01. The lowest BCUT2D eigenvalue weighted by Gasteiger charge is -2.06. The molecule has 100 valence electrons. The van der Waals surface area contributed by atoms with Crippen molar-refractivity contribution in [3.63, 3.8) is 0 Å². The van der Waals surface area contributed by atoms with Crippen LogP contribution < -0.4 is 10.0 Å². The first-order chi connectivity index (χ1) is 8.62. The van der Waals surface area contributed by atoms with Gasteiger partial charge in [0.1, 0.15) is 0 Å². The highest BCUT2D eigenvalue weighted by Crippen LogP contribution is 2.28. The molecule has 1 fully saturated rings. The van der Waals surface area contributed by atoms with E-state index in [-0.39, 0.29) is 5.03 Å². The summed E-state index contributed by atoms with van der Waals surface area (Å²) in [6, 6.07) is 3.35. The summed E-state index contributed by atoms with van der Waals surface area (Å²) in [6.07, 6.45) is 3.85. The van der Waals surface area contributed by atoms with Crippen LogP contribution in [0.4, 0.5) is 0 Å². The van der Waals surface area contributed by atoms with Gasteiger partial charge in [-0.15, -0.1) is 0 Å². The van der Waals surface area contributed by atoms with Gasteiger partial charge in [-0.25, -0.2) is 18.1 Å². The third-order valence-corrected chi connectivity index (χ3v) is 4.25. The smallest absolute Gasteiger partial charge is 0.258 e. The van der Waals surface area contributed by atoms with Crippen molar-refractivity contribution in [3.8, 4) is 0 Å². The van der Waals surface area contributed by atoms with Crippen LogP contribution in [0.25, 0.3) is 0 Å². The molecule has 18 heavy (non-hydrogen) atoms. The molecule has 0 aliphatic heterocycles. The second-order valence-corrected chi connectivity index (χ2v) is 6.29. The minimum absolute atomic E-state index is 0.100. The molecule has 1 heterocycles. The van der Waals surface area contributed by atoms with E-state index < -0.39 is 10.0 Å². The topological polar surface area (TPSA) is 71.1 Å². The van der Waals surface area contributed by atoms with Crippen molar-refractivity contribution < 1.29 is 8.42 Å². The van der Waals surface area contributed by atoms with Gasteiger partial charge < -0.3 is 5.32 Å². The van der Waals surface area contributed by atoms with E-state index in [1.54, 1.807) is 18.3 Å². The molecule has 1 saturated carbocycles. The van der Waals surface area contributed by atoms with E-state index in [0.717, 1.165) is 24.9 Å². The lowest BCUT2D eigenvalue weighted by Crippen LogP contribution is -2.26. The van der Waals surface area contributed by atoms with E-state index in [1.807, 2.05) is 6.92 Å². The average Bonchev–Trinajstić information content (AvgIpc) is 3.19. The standard InChI is InChI=1S/C12H19N3O2S/c1-2-13-7-11-5-6-12(14-8-11)18(16,17)15-9-10-3-4-10/h5-6,8,10,13,15H,2-4,7,9H2,1H3. The molecular weight excluding hydrogens is 250 g/mol. The summed E-state index contributed by atoms with van der Waals surface area (Å²) in [5.41, 5.74) is 0.984. The van der Waals surface area contributed by atoms with Crippen LogP contribution in [0.15, 0.2) is 23.4 Å². The molecule has 1 aliphatic rings. The van der Waals surface area contributed by atoms with Crippen molar-refractivity contribution >= 4 is 10.0 Å². The molecule has 5 nitrogen and oxygen atoms in total. The monoisotopic (exact) mass is 269 g/mol. The predicted octanol–water partition coefficient (Wildman–Crippen LogP) is 0.879. The van der Waals surface area contributed by atoms with E-state index in [4.69, 9.17) is 0 Å². The number of nitrogens with zero attached hydrogens (tertiary/aromatic N) is 1. The van der Waals surface area contributed by atoms with E-state index in [2.05, 4.69) is 15.0 Å². The Morgan fingerprint density at radius 2 is 2.17 bits per heavy atom. The zero-order chi connectivity index (χ0) is 13.0. The first-order valence-electron chi connectivity index (χ1n) is 6.27. The summed E-state index contributed by atoms with van der Waals surface area (Å²) in [5.74, 6) is 0.521. The van der Waals surface area contributed by atoms with Gasteiger partial charge in [0.2, 0.25) is 0 Å². The maximum absolute atomic E-state index is 11.9. The Balaban J connectivity index is 1.98. The highest BCUT2D eigenvalue weighted by Gasteiger charge is 2.24. The van der Waals surface area contributed by atoms with Crippen molar-refractivity contribution in [1.29, 1.82) is 0 Å². The molecule has 2 N–H and O–H groups in total. The van der Waals surface area contributed by atoms with Crippen LogP contribution in [0.3, 0.4) is 0 Å². The summed E-state index contributed by atoms with van der Waals surface area (Å²) in [5, 5.41) is 3.27. The van der Waals surface area contributed by atoms with Crippen LogP contribution in [-0.4, -0.2) is 26.5 Å². The fourth-order valence-electron chi connectivity index (χ4n) is 1.57. The summed E-state index contributed by atoms with van der Waals surface area (Å²) in [6.45, 7) is 4.14. The Morgan fingerprint density at radius 3 is 2.72 bits per heavy atom. The quantitative estimate of drug-likeness (QED) is 0.771. The number of pyridine rings is 1. The number of hydrogen-bond acceptors (Lipinski definition) is 4. The molecule has 0 unspecified atom stereocenters. The van der Waals surface area contributed by atoms with Crippen LogP contribution in [0.5, 0.6) is 0 Å². The molecule has 0 radical (unpaired) electrons. The molecule has 2 rings (SSSR count). The third kappa shape index (κ3) is 3.76. The molecule has 0 amide bonds. The number of rotatable bonds is 7. The van der Waals surface area contributed by atoms with E-state index in [1.165, 1.54) is 0 Å². The molecule has 1 aromatic heterocycles. The van der Waals surface area contributed by atoms with Crippen molar-refractivity contribution in [3.05, 3.63) is 23.9 Å². The normalized spacial score (nSPS) is 15.8. The zero-order valence-corrected chi connectivity index (χ0v) is 11.3. The summed E-state index contributed by atoms with van der Waals surface area (Å²) in [7, 11) is -3.43. The molecule has 0 spiro atoms. The van der Waals surface area contributed by atoms with Gasteiger partial charge in [-0.05, 0) is 36.9 Å². The van der Waals surface area contributed by atoms with Crippen molar-refractivity contribution in [2.75, 3.05) is 13.1 Å². The number of hydrogen-bond donors (Lipinski definition) is 2. The summed E-state index contributed by atoms with van der Waals surface area (Å²) >= 11 is 0. The Kier molecular flexibility index (Phi) is 4.31. The van der Waals surface area contributed by atoms with Crippen molar-refractivity contribution in [2.24, 2.45) is 5.92 Å². The van der Waals surface area contributed by atoms with Gasteiger partial charge in [0.15, 0.2) is 5.03 Å². The zero-order valence-electron chi connectivity index (χ0n) is 10.5. The van der Waals surface area contributed by atoms with Crippen molar-refractivity contribution in [2.45, 2.75) is 31.3 Å². The van der Waals surface area contributed by atoms with E-state index in [9.17, 15) is 8.42 Å². The molecule has 1 aliphatic carbocycles. The predicted molar refractivity (Wildman–Crippen MR) is 69.5 cm³/mol. The van der Waals surface area contributed by atoms with Gasteiger partial charge in [-0.1, -0.05) is 13.0 Å². The van der Waals surface area contributed by atoms with Crippen LogP contribution in [0, 0.1) is 5.92 Å². The minimum Gasteiger partial charge on any atom is -0.313 e. The number of aromatic nitrogens is 1. The van der Waals surface area contributed by atoms with Crippen LogP contribution in [0.1, 0.15) is 25.3 Å². The molecule has 1 aromatic rings. The Hall–Kier alpha value is -0.980. The van der Waals surface area contributed by atoms with E-state index >= 15 is 0 Å². The molecule has 0 aromatic carbocycles. The highest BCUT2D eigenvalue weighted by atomic mass is 32.2. The molecule has 0 saturated heterocycles. The maximum atomic E-state index is 11.9. The second-order valence-electron chi connectivity index (χ2n) is 4.58. The molecule has 0 bridgehead atoms. The van der Waals surface area contributed by atoms with Crippen LogP contribution in [0.2, 0.25) is 0 Å². The van der Waals surface area contributed by atoms with Gasteiger partial charge in [-0.2, -0.15) is 0 Å². The molecule has 6 heteroatoms. The first-order valence-corrected chi connectivity index (χ1v) is 7.75. The van der Waals surface area contributed by atoms with Gasteiger partial charge in [-0.3, -0.25) is 0 Å².